The van der Waals surface area contributed by atoms with E-state index in [2.05, 4.69) is 36.9 Å². The molecule has 0 aliphatic carbocycles. The fourth-order valence-corrected chi connectivity index (χ4v) is 5.95. The molecule has 10 heteroatoms. The Morgan fingerprint density at radius 1 is 1.06 bits per heavy atom. The average Bonchev–Trinajstić information content (AvgIpc) is 3.30. The molecule has 1 aliphatic rings. The lowest BCUT2D eigenvalue weighted by Crippen LogP contribution is -2.31. The van der Waals surface area contributed by atoms with Crippen molar-refractivity contribution in [3.63, 3.8) is 0 Å². The van der Waals surface area contributed by atoms with Crippen molar-refractivity contribution in [1.29, 1.82) is 0 Å². The molecule has 4 heterocycles. The zero-order chi connectivity index (χ0) is 21.7. The van der Waals surface area contributed by atoms with Crippen molar-refractivity contribution < 1.29 is 10.2 Å². The normalized spacial score (nSPS) is 23.7. The first-order valence-corrected chi connectivity index (χ1v) is 11.6. The fraction of sp³-hybridized carbons (Fsp3) is 0.286. The number of hydrogen-bond donors (Lipinski definition) is 4. The van der Waals surface area contributed by atoms with Gasteiger partial charge in [-0.2, -0.15) is 0 Å². The summed E-state index contributed by atoms with van der Waals surface area (Å²) in [7, 11) is 0. The Labute approximate surface area is 190 Å². The average molecular weight is 501 g/mol. The quantitative estimate of drug-likeness (QED) is 0.335. The molecular weight excluding hydrogens is 480 g/mol. The highest BCUT2D eigenvalue weighted by Crippen LogP contribution is 2.45. The number of aliphatic hydroxyl groups excluding tert-OH is 2. The van der Waals surface area contributed by atoms with Crippen LogP contribution in [0.25, 0.3) is 21.9 Å². The Bertz CT molecular complexity index is 1280. The number of rotatable bonds is 4. The standard InChI is InChI=1S/C21H21BrN6O2S/c22-13-8-11-3-1-10(7-14(11)27-19(13)24)2-4-15-16(29)17(30)21(31-15)28-6-5-12-18(23)25-9-26-20(12)28/h1,3,5-9,15-17,21,29-30H,2,4H2,(H2,24,27)(H2,23,25,26)/t15-,16+,17+,21-/m1/s1. The number of aromatic nitrogens is 4. The van der Waals surface area contributed by atoms with E-state index >= 15 is 0 Å². The molecule has 0 bridgehead atoms. The summed E-state index contributed by atoms with van der Waals surface area (Å²) in [4.78, 5) is 12.8. The lowest BCUT2D eigenvalue weighted by atomic mass is 10.0. The van der Waals surface area contributed by atoms with E-state index in [1.54, 1.807) is 11.8 Å². The van der Waals surface area contributed by atoms with Gasteiger partial charge >= 0.3 is 0 Å². The topological polar surface area (TPSA) is 136 Å². The van der Waals surface area contributed by atoms with Crippen LogP contribution in [0.3, 0.4) is 0 Å². The van der Waals surface area contributed by atoms with Crippen LogP contribution in [-0.4, -0.2) is 47.2 Å². The number of nitrogens with two attached hydrogens (primary N) is 2. The van der Waals surface area contributed by atoms with Crippen LogP contribution in [-0.2, 0) is 6.42 Å². The van der Waals surface area contributed by atoms with E-state index in [1.165, 1.54) is 6.33 Å². The Morgan fingerprint density at radius 2 is 1.90 bits per heavy atom. The number of nitrogen functional groups attached to an aromatic ring is 2. The molecule has 1 aromatic carbocycles. The molecule has 0 unspecified atom stereocenters. The highest BCUT2D eigenvalue weighted by molar-refractivity contribution is 9.10. The van der Waals surface area contributed by atoms with Crippen LogP contribution in [0.15, 0.2) is 47.3 Å². The van der Waals surface area contributed by atoms with Gasteiger partial charge in [-0.1, -0.05) is 12.1 Å². The van der Waals surface area contributed by atoms with E-state index in [1.807, 2.05) is 35.0 Å². The number of hydrogen-bond acceptors (Lipinski definition) is 8. The number of thioether (sulfide) groups is 1. The fourth-order valence-electron chi connectivity index (χ4n) is 4.06. The molecule has 1 saturated heterocycles. The summed E-state index contributed by atoms with van der Waals surface area (Å²) in [5.41, 5.74) is 14.4. The maximum absolute atomic E-state index is 10.7. The highest BCUT2D eigenvalue weighted by Gasteiger charge is 2.43. The number of anilines is 2. The van der Waals surface area contributed by atoms with Gasteiger partial charge in [0.2, 0.25) is 0 Å². The largest absolute Gasteiger partial charge is 0.389 e. The van der Waals surface area contributed by atoms with Crippen molar-refractivity contribution in [1.82, 2.24) is 19.5 Å². The van der Waals surface area contributed by atoms with Gasteiger partial charge in [-0.15, -0.1) is 11.8 Å². The van der Waals surface area contributed by atoms with Crippen LogP contribution in [0.5, 0.6) is 0 Å². The number of pyridine rings is 1. The van der Waals surface area contributed by atoms with Gasteiger partial charge in [0.05, 0.1) is 21.5 Å². The van der Waals surface area contributed by atoms with Gasteiger partial charge in [-0.05, 0) is 52.5 Å². The Hall–Kier alpha value is -2.40. The smallest absolute Gasteiger partial charge is 0.146 e. The van der Waals surface area contributed by atoms with E-state index in [-0.39, 0.29) is 10.6 Å². The Kier molecular flexibility index (Phi) is 5.25. The summed E-state index contributed by atoms with van der Waals surface area (Å²) < 4.78 is 2.65. The molecule has 31 heavy (non-hydrogen) atoms. The lowest BCUT2D eigenvalue weighted by molar-refractivity contribution is 0.0176. The molecule has 8 nitrogen and oxygen atoms in total. The first-order valence-electron chi connectivity index (χ1n) is 9.85. The van der Waals surface area contributed by atoms with Crippen molar-refractivity contribution in [3.05, 3.63) is 52.9 Å². The number of aliphatic hydroxyl groups is 2. The zero-order valence-electron chi connectivity index (χ0n) is 16.4. The van der Waals surface area contributed by atoms with Gasteiger partial charge in [0.1, 0.15) is 35.1 Å². The Balaban J connectivity index is 1.34. The minimum Gasteiger partial charge on any atom is -0.389 e. The minimum absolute atomic E-state index is 0.115. The van der Waals surface area contributed by atoms with E-state index in [0.29, 0.717) is 23.7 Å². The molecule has 1 fully saturated rings. The van der Waals surface area contributed by atoms with E-state index in [4.69, 9.17) is 11.5 Å². The molecule has 1 aliphatic heterocycles. The summed E-state index contributed by atoms with van der Waals surface area (Å²) in [6, 6.07) is 9.90. The van der Waals surface area contributed by atoms with Crippen LogP contribution in [0, 0.1) is 0 Å². The highest BCUT2D eigenvalue weighted by atomic mass is 79.9. The number of benzene rings is 1. The van der Waals surface area contributed by atoms with E-state index in [0.717, 1.165) is 32.7 Å². The van der Waals surface area contributed by atoms with Crippen LogP contribution in [0.2, 0.25) is 0 Å². The predicted octanol–water partition coefficient (Wildman–Crippen LogP) is 2.88. The molecule has 160 valence electrons. The molecular formula is C21H21BrN6O2S. The maximum Gasteiger partial charge on any atom is 0.146 e. The number of halogens is 1. The minimum atomic E-state index is -0.905. The molecule has 6 N–H and O–H groups in total. The zero-order valence-corrected chi connectivity index (χ0v) is 18.8. The van der Waals surface area contributed by atoms with Crippen molar-refractivity contribution >= 4 is 61.3 Å². The second-order valence-corrected chi connectivity index (χ2v) is 9.90. The third-order valence-corrected chi connectivity index (χ3v) is 8.02. The van der Waals surface area contributed by atoms with Gasteiger partial charge < -0.3 is 26.2 Å². The third kappa shape index (κ3) is 3.63. The van der Waals surface area contributed by atoms with Gasteiger partial charge in [-0.3, -0.25) is 0 Å². The summed E-state index contributed by atoms with van der Waals surface area (Å²) in [5.74, 6) is 0.858. The second-order valence-electron chi connectivity index (χ2n) is 7.69. The number of aryl methyl sites for hydroxylation is 1. The van der Waals surface area contributed by atoms with Gasteiger partial charge in [-0.25, -0.2) is 15.0 Å². The van der Waals surface area contributed by atoms with E-state index in [9.17, 15) is 10.2 Å². The summed E-state index contributed by atoms with van der Waals surface area (Å²) in [6.07, 6.45) is 2.97. The number of nitrogens with zero attached hydrogens (tertiary/aromatic N) is 4. The van der Waals surface area contributed by atoms with Crippen molar-refractivity contribution in [2.75, 3.05) is 11.5 Å². The molecule has 4 atom stereocenters. The molecule has 0 amide bonds. The summed E-state index contributed by atoms with van der Waals surface area (Å²) in [5, 5.41) is 22.7. The lowest BCUT2D eigenvalue weighted by Gasteiger charge is -2.17. The molecule has 0 saturated carbocycles. The van der Waals surface area contributed by atoms with Crippen molar-refractivity contribution in [2.45, 2.75) is 35.7 Å². The summed E-state index contributed by atoms with van der Waals surface area (Å²) >= 11 is 4.96. The van der Waals surface area contributed by atoms with Gasteiger partial charge in [0, 0.05) is 16.8 Å². The van der Waals surface area contributed by atoms with Gasteiger partial charge in [0.25, 0.3) is 0 Å². The van der Waals surface area contributed by atoms with Crippen molar-refractivity contribution in [3.8, 4) is 0 Å². The molecule has 0 spiro atoms. The first-order chi connectivity index (χ1) is 14.9. The van der Waals surface area contributed by atoms with Crippen LogP contribution in [0.1, 0.15) is 17.4 Å². The monoisotopic (exact) mass is 500 g/mol. The van der Waals surface area contributed by atoms with Crippen LogP contribution >= 0.6 is 27.7 Å². The van der Waals surface area contributed by atoms with Crippen molar-refractivity contribution in [2.24, 2.45) is 0 Å². The molecule has 4 aromatic rings. The SMILES string of the molecule is Nc1nc2cc(CC[C@H]3S[C@@H](n4ccc5c(N)ncnc54)[C@@H](O)[C@H]3O)ccc2cc1Br. The van der Waals surface area contributed by atoms with E-state index < -0.39 is 12.2 Å². The number of fused-ring (bicyclic) bond motifs is 2. The van der Waals surface area contributed by atoms with Crippen LogP contribution in [0.4, 0.5) is 11.6 Å². The third-order valence-electron chi connectivity index (χ3n) is 5.73. The predicted molar refractivity (Wildman–Crippen MR) is 127 cm³/mol. The second kappa shape index (κ2) is 7.94. The summed E-state index contributed by atoms with van der Waals surface area (Å²) in [6.45, 7) is 0. The Morgan fingerprint density at radius 3 is 2.74 bits per heavy atom. The maximum atomic E-state index is 10.7. The molecule has 0 radical (unpaired) electrons. The van der Waals surface area contributed by atoms with Crippen LogP contribution < -0.4 is 11.5 Å². The molecule has 5 rings (SSSR count). The van der Waals surface area contributed by atoms with Gasteiger partial charge in [0.15, 0.2) is 0 Å². The molecule has 3 aromatic heterocycles. The first kappa shape index (κ1) is 20.5.